The molecule has 2 aromatic heterocycles. The van der Waals surface area contributed by atoms with E-state index in [1.54, 1.807) is 6.92 Å². The zero-order valence-electron chi connectivity index (χ0n) is 10.8. The summed E-state index contributed by atoms with van der Waals surface area (Å²) in [5.74, 6) is -0.265. The molecule has 0 amide bonds. The van der Waals surface area contributed by atoms with Crippen molar-refractivity contribution >= 4 is 37.6 Å². The SMILES string of the molecule is CCOC(=O)Cc1ccc2sc3nc[nH]c(=O)c3c2c1. The zero-order chi connectivity index (χ0) is 14.1. The number of nitrogens with zero attached hydrogens (tertiary/aromatic N) is 1. The minimum Gasteiger partial charge on any atom is -0.466 e. The molecule has 0 unspecified atom stereocenters. The van der Waals surface area contributed by atoms with Gasteiger partial charge in [-0.3, -0.25) is 9.59 Å². The van der Waals surface area contributed by atoms with Crippen molar-refractivity contribution < 1.29 is 9.53 Å². The molecule has 0 bridgehead atoms. The lowest BCUT2D eigenvalue weighted by Gasteiger charge is -2.02. The Hall–Kier alpha value is -2.21. The van der Waals surface area contributed by atoms with Gasteiger partial charge in [-0.25, -0.2) is 4.98 Å². The van der Waals surface area contributed by atoms with E-state index >= 15 is 0 Å². The molecule has 0 saturated carbocycles. The number of carbonyl (C=O) groups is 1. The van der Waals surface area contributed by atoms with E-state index in [0.29, 0.717) is 16.8 Å². The molecule has 0 radical (unpaired) electrons. The average Bonchev–Trinajstić information content (AvgIpc) is 2.78. The zero-order valence-corrected chi connectivity index (χ0v) is 11.6. The molecule has 0 aliphatic heterocycles. The molecule has 1 aromatic carbocycles. The van der Waals surface area contributed by atoms with Gasteiger partial charge < -0.3 is 9.72 Å². The van der Waals surface area contributed by atoms with Crippen LogP contribution in [0.25, 0.3) is 20.3 Å². The number of H-pyrrole nitrogens is 1. The maximum atomic E-state index is 11.9. The summed E-state index contributed by atoms with van der Waals surface area (Å²) in [6.07, 6.45) is 1.61. The molecule has 102 valence electrons. The van der Waals surface area contributed by atoms with Crippen LogP contribution in [0, 0.1) is 0 Å². The maximum Gasteiger partial charge on any atom is 0.310 e. The summed E-state index contributed by atoms with van der Waals surface area (Å²) in [7, 11) is 0. The lowest BCUT2D eigenvalue weighted by molar-refractivity contribution is -0.142. The number of thiophene rings is 1. The second kappa shape index (κ2) is 5.05. The van der Waals surface area contributed by atoms with Gasteiger partial charge in [-0.1, -0.05) is 6.07 Å². The Morgan fingerprint density at radius 1 is 1.45 bits per heavy atom. The normalized spacial score (nSPS) is 11.1. The quantitative estimate of drug-likeness (QED) is 0.750. The van der Waals surface area contributed by atoms with Crippen molar-refractivity contribution in [3.8, 4) is 0 Å². The monoisotopic (exact) mass is 288 g/mol. The second-order valence-electron chi connectivity index (χ2n) is 4.33. The van der Waals surface area contributed by atoms with Crippen molar-refractivity contribution in [2.45, 2.75) is 13.3 Å². The first-order chi connectivity index (χ1) is 9.69. The molecule has 0 fully saturated rings. The van der Waals surface area contributed by atoms with Crippen molar-refractivity contribution in [2.75, 3.05) is 6.61 Å². The third kappa shape index (κ3) is 2.18. The summed E-state index contributed by atoms with van der Waals surface area (Å²) in [6.45, 7) is 2.14. The van der Waals surface area contributed by atoms with Gasteiger partial charge in [0.1, 0.15) is 4.83 Å². The molecule has 0 aliphatic carbocycles. The standard InChI is InChI=1S/C14H12N2O3S/c1-2-19-11(17)6-8-3-4-10-9(5-8)12-13(18)15-7-16-14(12)20-10/h3-5,7H,2,6H2,1H3,(H,15,16,18). The molecule has 0 spiro atoms. The van der Waals surface area contributed by atoms with E-state index < -0.39 is 0 Å². The van der Waals surface area contributed by atoms with Gasteiger partial charge >= 0.3 is 5.97 Å². The van der Waals surface area contributed by atoms with Crippen LogP contribution in [-0.4, -0.2) is 22.5 Å². The van der Waals surface area contributed by atoms with Crippen molar-refractivity contribution in [1.29, 1.82) is 0 Å². The summed E-state index contributed by atoms with van der Waals surface area (Å²) in [4.78, 5) is 30.9. The number of aromatic amines is 1. The van der Waals surface area contributed by atoms with Gasteiger partial charge in [0.25, 0.3) is 5.56 Å². The molecule has 6 heteroatoms. The van der Waals surface area contributed by atoms with Gasteiger partial charge in [0.2, 0.25) is 0 Å². The number of esters is 1. The number of fused-ring (bicyclic) bond motifs is 3. The van der Waals surface area contributed by atoms with Gasteiger partial charge in [-0.05, 0) is 24.6 Å². The Morgan fingerprint density at radius 3 is 3.10 bits per heavy atom. The van der Waals surface area contributed by atoms with Gasteiger partial charge in [0, 0.05) is 10.1 Å². The summed E-state index contributed by atoms with van der Waals surface area (Å²) < 4.78 is 5.92. The van der Waals surface area contributed by atoms with E-state index in [1.165, 1.54) is 17.7 Å². The first-order valence-corrected chi connectivity index (χ1v) is 7.05. The molecule has 20 heavy (non-hydrogen) atoms. The van der Waals surface area contributed by atoms with Crippen LogP contribution in [0.4, 0.5) is 0 Å². The maximum absolute atomic E-state index is 11.9. The van der Waals surface area contributed by atoms with E-state index in [0.717, 1.165) is 15.6 Å². The molecule has 0 saturated heterocycles. The van der Waals surface area contributed by atoms with E-state index in [1.807, 2.05) is 18.2 Å². The second-order valence-corrected chi connectivity index (χ2v) is 5.36. The Balaban J connectivity index is 2.12. The highest BCUT2D eigenvalue weighted by molar-refractivity contribution is 7.25. The van der Waals surface area contributed by atoms with E-state index in [9.17, 15) is 9.59 Å². The van der Waals surface area contributed by atoms with Crippen LogP contribution in [0.2, 0.25) is 0 Å². The number of rotatable bonds is 3. The van der Waals surface area contributed by atoms with Crippen LogP contribution >= 0.6 is 11.3 Å². The first-order valence-electron chi connectivity index (χ1n) is 6.23. The number of ether oxygens (including phenoxy) is 1. The van der Waals surface area contributed by atoms with E-state index in [4.69, 9.17) is 4.74 Å². The minimum absolute atomic E-state index is 0.158. The number of carbonyl (C=O) groups excluding carboxylic acids is 1. The lowest BCUT2D eigenvalue weighted by Crippen LogP contribution is -2.07. The highest BCUT2D eigenvalue weighted by atomic mass is 32.1. The van der Waals surface area contributed by atoms with Crippen molar-refractivity contribution in [1.82, 2.24) is 9.97 Å². The summed E-state index contributed by atoms with van der Waals surface area (Å²) >= 11 is 1.47. The predicted octanol–water partition coefficient (Wildman–Crippen LogP) is 2.24. The van der Waals surface area contributed by atoms with Crippen molar-refractivity contribution in [3.05, 3.63) is 40.4 Å². The van der Waals surface area contributed by atoms with Crippen LogP contribution in [0.1, 0.15) is 12.5 Å². The average molecular weight is 288 g/mol. The van der Waals surface area contributed by atoms with Crippen molar-refractivity contribution in [3.63, 3.8) is 0 Å². The number of hydrogen-bond donors (Lipinski definition) is 1. The molecule has 3 aromatic rings. The van der Waals surface area contributed by atoms with Crippen LogP contribution in [0.3, 0.4) is 0 Å². The van der Waals surface area contributed by atoms with Crippen LogP contribution < -0.4 is 5.56 Å². The molecule has 1 N–H and O–H groups in total. The largest absolute Gasteiger partial charge is 0.466 e. The fraction of sp³-hybridized carbons (Fsp3) is 0.214. The fourth-order valence-corrected chi connectivity index (χ4v) is 3.18. The van der Waals surface area contributed by atoms with Gasteiger partial charge in [0.15, 0.2) is 0 Å². The minimum atomic E-state index is -0.265. The molecule has 2 heterocycles. The summed E-state index contributed by atoms with van der Waals surface area (Å²) in [5.41, 5.74) is 0.674. The summed E-state index contributed by atoms with van der Waals surface area (Å²) in [5, 5.41) is 1.42. The topological polar surface area (TPSA) is 72.0 Å². The molecular weight excluding hydrogens is 276 g/mol. The third-order valence-electron chi connectivity index (χ3n) is 2.99. The van der Waals surface area contributed by atoms with Gasteiger partial charge in [-0.15, -0.1) is 11.3 Å². The number of benzene rings is 1. The highest BCUT2D eigenvalue weighted by Crippen LogP contribution is 2.30. The number of nitrogens with one attached hydrogen (secondary N) is 1. The first kappa shape index (κ1) is 12.8. The van der Waals surface area contributed by atoms with Crippen LogP contribution in [-0.2, 0) is 16.0 Å². The summed E-state index contributed by atoms with van der Waals surface area (Å²) in [6, 6.07) is 5.65. The number of aromatic nitrogens is 2. The molecule has 0 aliphatic rings. The van der Waals surface area contributed by atoms with E-state index in [2.05, 4.69) is 9.97 Å². The smallest absolute Gasteiger partial charge is 0.310 e. The van der Waals surface area contributed by atoms with Crippen molar-refractivity contribution in [2.24, 2.45) is 0 Å². The molecule has 5 nitrogen and oxygen atoms in total. The lowest BCUT2D eigenvalue weighted by atomic mass is 10.1. The fourth-order valence-electron chi connectivity index (χ4n) is 2.15. The molecule has 3 rings (SSSR count). The van der Waals surface area contributed by atoms with Gasteiger partial charge in [0.05, 0.1) is 24.7 Å². The molecular formula is C14H12N2O3S. The van der Waals surface area contributed by atoms with E-state index in [-0.39, 0.29) is 17.9 Å². The Labute approximate surface area is 118 Å². The third-order valence-corrected chi connectivity index (χ3v) is 4.07. The van der Waals surface area contributed by atoms with Crippen LogP contribution in [0.15, 0.2) is 29.3 Å². The van der Waals surface area contributed by atoms with Gasteiger partial charge in [-0.2, -0.15) is 0 Å². The molecule has 0 atom stereocenters. The Morgan fingerprint density at radius 2 is 2.30 bits per heavy atom. The predicted molar refractivity (Wildman–Crippen MR) is 78.1 cm³/mol. The highest BCUT2D eigenvalue weighted by Gasteiger charge is 2.11. The number of hydrogen-bond acceptors (Lipinski definition) is 5. The van der Waals surface area contributed by atoms with Crippen LogP contribution in [0.5, 0.6) is 0 Å². The Kier molecular flexibility index (Phi) is 3.23. The Bertz CT molecular complexity index is 850.